The maximum Gasteiger partial charge on any atom is 0.337 e. The molecule has 0 saturated heterocycles. The highest BCUT2D eigenvalue weighted by Gasteiger charge is 2.40. The van der Waals surface area contributed by atoms with Gasteiger partial charge in [0, 0.05) is 17.3 Å². The number of aromatic nitrogens is 1. The summed E-state index contributed by atoms with van der Waals surface area (Å²) >= 11 is 0. The van der Waals surface area contributed by atoms with Crippen molar-refractivity contribution in [2.24, 2.45) is 0 Å². The van der Waals surface area contributed by atoms with Crippen molar-refractivity contribution < 1.29 is 9.90 Å². The summed E-state index contributed by atoms with van der Waals surface area (Å²) in [5, 5.41) is 8.65. The number of hydrogen-bond donors (Lipinski definition) is 1. The summed E-state index contributed by atoms with van der Waals surface area (Å²) in [6.45, 7) is 2.15. The van der Waals surface area contributed by atoms with E-state index in [0.717, 1.165) is 18.5 Å². The molecule has 1 heterocycles. The van der Waals surface area contributed by atoms with E-state index in [4.69, 9.17) is 5.11 Å². The van der Waals surface area contributed by atoms with Gasteiger partial charge in [-0.05, 0) is 25.0 Å². The molecule has 0 atom stereocenters. The Morgan fingerprint density at radius 3 is 2.62 bits per heavy atom. The molecular formula is C10H11NO2. The summed E-state index contributed by atoms with van der Waals surface area (Å²) in [5.41, 5.74) is 1.49. The second-order valence-electron chi connectivity index (χ2n) is 3.80. The van der Waals surface area contributed by atoms with Gasteiger partial charge in [-0.15, -0.1) is 0 Å². The molecular weight excluding hydrogens is 166 g/mol. The first-order valence-corrected chi connectivity index (χ1v) is 4.32. The van der Waals surface area contributed by atoms with Gasteiger partial charge in [0.1, 0.15) is 0 Å². The van der Waals surface area contributed by atoms with Crippen LogP contribution in [0, 0.1) is 0 Å². The van der Waals surface area contributed by atoms with E-state index >= 15 is 0 Å². The number of carboxylic acids is 1. The van der Waals surface area contributed by atoms with Crippen LogP contribution in [0.4, 0.5) is 0 Å². The monoisotopic (exact) mass is 177 g/mol. The van der Waals surface area contributed by atoms with Gasteiger partial charge in [-0.2, -0.15) is 0 Å². The van der Waals surface area contributed by atoms with Gasteiger partial charge in [0.25, 0.3) is 0 Å². The third kappa shape index (κ3) is 1.41. The molecule has 1 saturated carbocycles. The van der Waals surface area contributed by atoms with Crippen molar-refractivity contribution in [2.75, 3.05) is 0 Å². The van der Waals surface area contributed by atoms with Crippen LogP contribution in [0.1, 0.15) is 35.8 Å². The van der Waals surface area contributed by atoms with Crippen LogP contribution in [0.3, 0.4) is 0 Å². The van der Waals surface area contributed by atoms with E-state index < -0.39 is 5.97 Å². The Balaban J connectivity index is 2.28. The van der Waals surface area contributed by atoms with Crippen molar-refractivity contribution in [3.63, 3.8) is 0 Å². The maximum absolute atomic E-state index is 10.5. The van der Waals surface area contributed by atoms with Crippen molar-refractivity contribution in [3.8, 4) is 0 Å². The van der Waals surface area contributed by atoms with Gasteiger partial charge in [-0.1, -0.05) is 6.92 Å². The van der Waals surface area contributed by atoms with Gasteiger partial charge in [0.05, 0.1) is 5.56 Å². The largest absolute Gasteiger partial charge is 0.478 e. The molecule has 1 aromatic heterocycles. The van der Waals surface area contributed by atoms with Crippen LogP contribution in [0.2, 0.25) is 0 Å². The van der Waals surface area contributed by atoms with Gasteiger partial charge in [0.2, 0.25) is 0 Å². The van der Waals surface area contributed by atoms with E-state index in [0.29, 0.717) is 0 Å². The summed E-state index contributed by atoms with van der Waals surface area (Å²) in [4.78, 5) is 14.7. The third-order valence-electron chi connectivity index (χ3n) is 2.63. The number of carboxylic acid groups (broad SMARTS) is 1. The molecule has 1 aliphatic rings. The fraction of sp³-hybridized carbons (Fsp3) is 0.400. The number of rotatable bonds is 2. The molecule has 13 heavy (non-hydrogen) atoms. The first-order valence-electron chi connectivity index (χ1n) is 4.32. The molecule has 0 unspecified atom stereocenters. The minimum absolute atomic E-state index is 0.219. The van der Waals surface area contributed by atoms with Crippen molar-refractivity contribution in [3.05, 3.63) is 29.6 Å². The first-order chi connectivity index (χ1) is 6.12. The summed E-state index contributed by atoms with van der Waals surface area (Å²) in [6.07, 6.45) is 3.75. The van der Waals surface area contributed by atoms with Gasteiger partial charge in [-0.25, -0.2) is 4.79 Å². The summed E-state index contributed by atoms with van der Waals surface area (Å²) < 4.78 is 0. The lowest BCUT2D eigenvalue weighted by molar-refractivity contribution is 0.0696. The van der Waals surface area contributed by atoms with E-state index in [9.17, 15) is 4.79 Å². The minimum Gasteiger partial charge on any atom is -0.478 e. The van der Waals surface area contributed by atoms with E-state index in [-0.39, 0.29) is 11.0 Å². The SMILES string of the molecule is CC1(c2ccc(C(=O)O)cn2)CC1. The zero-order chi connectivity index (χ0) is 9.47. The van der Waals surface area contributed by atoms with Crippen LogP contribution in [0.15, 0.2) is 18.3 Å². The average molecular weight is 177 g/mol. The topological polar surface area (TPSA) is 50.2 Å². The predicted octanol–water partition coefficient (Wildman–Crippen LogP) is 1.83. The van der Waals surface area contributed by atoms with Crippen LogP contribution in [-0.2, 0) is 5.41 Å². The van der Waals surface area contributed by atoms with Gasteiger partial charge >= 0.3 is 5.97 Å². The van der Waals surface area contributed by atoms with Gasteiger partial charge in [0.15, 0.2) is 0 Å². The molecule has 68 valence electrons. The van der Waals surface area contributed by atoms with E-state index in [2.05, 4.69) is 11.9 Å². The lowest BCUT2D eigenvalue weighted by Gasteiger charge is -2.06. The summed E-state index contributed by atoms with van der Waals surface area (Å²) in [6, 6.07) is 3.44. The molecule has 0 radical (unpaired) electrons. The molecule has 1 fully saturated rings. The Bertz CT molecular complexity index is 338. The van der Waals surface area contributed by atoms with E-state index in [1.165, 1.54) is 6.20 Å². The molecule has 3 nitrogen and oxygen atoms in total. The predicted molar refractivity (Wildman–Crippen MR) is 47.8 cm³/mol. The van der Waals surface area contributed by atoms with E-state index in [1.54, 1.807) is 6.07 Å². The summed E-state index contributed by atoms with van der Waals surface area (Å²) in [7, 11) is 0. The second kappa shape index (κ2) is 2.55. The molecule has 0 amide bonds. The standard InChI is InChI=1S/C10H11NO2/c1-10(4-5-10)8-3-2-7(6-11-8)9(12)13/h2-3,6H,4-5H2,1H3,(H,12,13). The Morgan fingerprint density at radius 1 is 1.54 bits per heavy atom. The normalized spacial score (nSPS) is 18.2. The average Bonchev–Trinajstić information content (AvgIpc) is 2.85. The Labute approximate surface area is 76.4 Å². The minimum atomic E-state index is -0.917. The van der Waals surface area contributed by atoms with Crippen molar-refractivity contribution >= 4 is 5.97 Å². The zero-order valence-electron chi connectivity index (χ0n) is 7.45. The quantitative estimate of drug-likeness (QED) is 0.749. The fourth-order valence-electron chi connectivity index (χ4n) is 1.32. The number of nitrogens with zero attached hydrogens (tertiary/aromatic N) is 1. The number of pyridine rings is 1. The third-order valence-corrected chi connectivity index (χ3v) is 2.63. The lowest BCUT2D eigenvalue weighted by atomic mass is 10.0. The molecule has 1 aliphatic carbocycles. The first kappa shape index (κ1) is 8.23. The molecule has 0 aliphatic heterocycles. The van der Waals surface area contributed by atoms with Crippen LogP contribution in [-0.4, -0.2) is 16.1 Å². The fourth-order valence-corrected chi connectivity index (χ4v) is 1.32. The van der Waals surface area contributed by atoms with Crippen molar-refractivity contribution in [1.82, 2.24) is 4.98 Å². The molecule has 1 N–H and O–H groups in total. The molecule has 2 rings (SSSR count). The van der Waals surface area contributed by atoms with Crippen molar-refractivity contribution in [2.45, 2.75) is 25.2 Å². The number of carbonyl (C=O) groups is 1. The van der Waals surface area contributed by atoms with Crippen LogP contribution in [0.25, 0.3) is 0 Å². The molecule has 0 spiro atoms. The smallest absolute Gasteiger partial charge is 0.337 e. The number of aromatic carboxylic acids is 1. The highest BCUT2D eigenvalue weighted by molar-refractivity contribution is 5.87. The Kier molecular flexibility index (Phi) is 1.62. The Hall–Kier alpha value is -1.38. The molecule has 0 bridgehead atoms. The number of hydrogen-bond acceptors (Lipinski definition) is 2. The zero-order valence-corrected chi connectivity index (χ0v) is 7.45. The molecule has 0 aromatic carbocycles. The van der Waals surface area contributed by atoms with Crippen LogP contribution >= 0.6 is 0 Å². The van der Waals surface area contributed by atoms with Crippen LogP contribution < -0.4 is 0 Å². The van der Waals surface area contributed by atoms with Gasteiger partial charge < -0.3 is 5.11 Å². The second-order valence-corrected chi connectivity index (χ2v) is 3.80. The molecule has 1 aromatic rings. The highest BCUT2D eigenvalue weighted by Crippen LogP contribution is 2.46. The van der Waals surface area contributed by atoms with Gasteiger partial charge in [-0.3, -0.25) is 4.98 Å². The van der Waals surface area contributed by atoms with Crippen molar-refractivity contribution in [1.29, 1.82) is 0 Å². The highest BCUT2D eigenvalue weighted by atomic mass is 16.4. The maximum atomic E-state index is 10.5. The summed E-state index contributed by atoms with van der Waals surface area (Å²) in [5.74, 6) is -0.917. The molecule has 3 heteroatoms. The van der Waals surface area contributed by atoms with E-state index in [1.807, 2.05) is 6.07 Å². The van der Waals surface area contributed by atoms with Crippen LogP contribution in [0.5, 0.6) is 0 Å². The Morgan fingerprint density at radius 2 is 2.23 bits per heavy atom. The lowest BCUT2D eigenvalue weighted by Crippen LogP contribution is -2.05.